The number of ether oxygens (including phenoxy) is 2. The van der Waals surface area contributed by atoms with E-state index in [9.17, 15) is 4.79 Å². The Balaban J connectivity index is 1.81. The Morgan fingerprint density at radius 3 is 2.88 bits per heavy atom. The van der Waals surface area contributed by atoms with Gasteiger partial charge in [0.05, 0.1) is 20.3 Å². The van der Waals surface area contributed by atoms with Gasteiger partial charge >= 0.3 is 0 Å². The summed E-state index contributed by atoms with van der Waals surface area (Å²) in [5.74, 6) is 1.49. The number of carbonyl (C=O) groups is 1. The molecule has 3 rings (SSSR count). The maximum Gasteiger partial charge on any atom is 0.247 e. The van der Waals surface area contributed by atoms with Crippen molar-refractivity contribution in [2.24, 2.45) is 0 Å². The maximum absolute atomic E-state index is 12.8. The van der Waals surface area contributed by atoms with E-state index in [1.807, 2.05) is 23.1 Å². The maximum atomic E-state index is 12.8. The molecule has 2 heterocycles. The fourth-order valence-corrected chi connectivity index (χ4v) is 4.26. The topological polar surface area (TPSA) is 38.8 Å². The first kappa shape index (κ1) is 17.5. The summed E-state index contributed by atoms with van der Waals surface area (Å²) in [6.07, 6.45) is 5.30. The summed E-state index contributed by atoms with van der Waals surface area (Å²) in [6, 6.07) is 7.87. The number of amides is 1. The molecule has 1 aliphatic rings. The van der Waals surface area contributed by atoms with E-state index < -0.39 is 0 Å². The second-order valence-electron chi connectivity index (χ2n) is 5.95. The van der Waals surface area contributed by atoms with Crippen molar-refractivity contribution in [3.63, 3.8) is 0 Å². The molecule has 5 heteroatoms. The van der Waals surface area contributed by atoms with E-state index in [-0.39, 0.29) is 11.9 Å². The highest BCUT2D eigenvalue weighted by atomic mass is 32.1. The summed E-state index contributed by atoms with van der Waals surface area (Å²) >= 11 is 1.79. The van der Waals surface area contributed by atoms with Crippen molar-refractivity contribution in [3.05, 3.63) is 51.7 Å². The van der Waals surface area contributed by atoms with Crippen LogP contribution in [-0.4, -0.2) is 31.6 Å². The van der Waals surface area contributed by atoms with Crippen LogP contribution in [0.2, 0.25) is 0 Å². The van der Waals surface area contributed by atoms with Gasteiger partial charge in [0.15, 0.2) is 0 Å². The van der Waals surface area contributed by atoms with Crippen LogP contribution in [-0.2, 0) is 11.2 Å². The zero-order chi connectivity index (χ0) is 17.8. The molecule has 0 fully saturated rings. The highest BCUT2D eigenvalue weighted by molar-refractivity contribution is 7.10. The minimum Gasteiger partial charge on any atom is -0.497 e. The van der Waals surface area contributed by atoms with Crippen molar-refractivity contribution in [2.75, 3.05) is 20.8 Å². The summed E-state index contributed by atoms with van der Waals surface area (Å²) in [4.78, 5) is 16.2. The highest BCUT2D eigenvalue weighted by Crippen LogP contribution is 2.35. The Kier molecular flexibility index (Phi) is 5.43. The second-order valence-corrected chi connectivity index (χ2v) is 6.95. The first-order chi connectivity index (χ1) is 12.2. The van der Waals surface area contributed by atoms with Crippen molar-refractivity contribution in [1.29, 1.82) is 0 Å². The van der Waals surface area contributed by atoms with Crippen LogP contribution in [0, 0.1) is 0 Å². The molecule has 25 heavy (non-hydrogen) atoms. The van der Waals surface area contributed by atoms with Gasteiger partial charge in [-0.25, -0.2) is 0 Å². The number of hydrogen-bond donors (Lipinski definition) is 0. The van der Waals surface area contributed by atoms with Gasteiger partial charge < -0.3 is 14.4 Å². The van der Waals surface area contributed by atoms with Gasteiger partial charge in [0.25, 0.3) is 0 Å². The van der Waals surface area contributed by atoms with E-state index >= 15 is 0 Å². The molecular formula is C20H23NO3S. The predicted molar refractivity (Wildman–Crippen MR) is 101 cm³/mol. The molecule has 0 saturated heterocycles. The molecule has 0 saturated carbocycles. The van der Waals surface area contributed by atoms with E-state index in [0.717, 1.165) is 36.4 Å². The monoisotopic (exact) mass is 357 g/mol. The largest absolute Gasteiger partial charge is 0.497 e. The number of nitrogens with zero attached hydrogens (tertiary/aromatic N) is 1. The fourth-order valence-electron chi connectivity index (χ4n) is 3.33. The Morgan fingerprint density at radius 2 is 2.16 bits per heavy atom. The van der Waals surface area contributed by atoms with Gasteiger partial charge in [-0.1, -0.05) is 6.92 Å². The highest BCUT2D eigenvalue weighted by Gasteiger charge is 2.29. The molecule has 0 spiro atoms. The molecule has 1 atom stereocenters. The number of carbonyl (C=O) groups excluding carboxylic acids is 1. The summed E-state index contributed by atoms with van der Waals surface area (Å²) in [5.41, 5.74) is 2.14. The number of methoxy groups -OCH3 is 2. The van der Waals surface area contributed by atoms with Crippen molar-refractivity contribution >= 4 is 23.3 Å². The minimum atomic E-state index is 0.0357. The molecule has 0 bridgehead atoms. The van der Waals surface area contributed by atoms with Gasteiger partial charge in [0, 0.05) is 23.1 Å². The Bertz CT molecular complexity index is 781. The molecule has 0 aliphatic carbocycles. The quantitative estimate of drug-likeness (QED) is 0.748. The minimum absolute atomic E-state index is 0.0357. The lowest BCUT2D eigenvalue weighted by molar-refractivity contribution is -0.128. The fraction of sp³-hybridized carbons (Fsp3) is 0.350. The molecule has 132 valence electrons. The number of fused-ring (bicyclic) bond motifs is 1. The van der Waals surface area contributed by atoms with Crippen LogP contribution in [0.3, 0.4) is 0 Å². The van der Waals surface area contributed by atoms with Crippen LogP contribution in [0.15, 0.2) is 35.7 Å². The third-order valence-corrected chi connectivity index (χ3v) is 5.60. The average Bonchev–Trinajstić information content (AvgIpc) is 3.13. The van der Waals surface area contributed by atoms with E-state index in [0.29, 0.717) is 0 Å². The first-order valence-corrected chi connectivity index (χ1v) is 9.32. The normalized spacial score (nSPS) is 16.8. The van der Waals surface area contributed by atoms with Crippen LogP contribution in [0.25, 0.3) is 6.08 Å². The molecule has 0 radical (unpaired) electrons. The molecule has 1 unspecified atom stereocenters. The van der Waals surface area contributed by atoms with Crippen molar-refractivity contribution in [1.82, 2.24) is 4.90 Å². The Hall–Kier alpha value is -2.27. The molecular weight excluding hydrogens is 334 g/mol. The van der Waals surface area contributed by atoms with Gasteiger partial charge in [0.2, 0.25) is 5.91 Å². The van der Waals surface area contributed by atoms with Crippen molar-refractivity contribution in [3.8, 4) is 11.5 Å². The van der Waals surface area contributed by atoms with Crippen molar-refractivity contribution < 1.29 is 14.3 Å². The third kappa shape index (κ3) is 3.56. The summed E-state index contributed by atoms with van der Waals surface area (Å²) in [7, 11) is 3.25. The van der Waals surface area contributed by atoms with Gasteiger partial charge in [0.1, 0.15) is 11.5 Å². The summed E-state index contributed by atoms with van der Waals surface area (Å²) < 4.78 is 10.6. The number of rotatable bonds is 5. The number of benzene rings is 1. The van der Waals surface area contributed by atoms with Crippen molar-refractivity contribution in [2.45, 2.75) is 25.8 Å². The molecule has 0 N–H and O–H groups in total. The number of hydrogen-bond acceptors (Lipinski definition) is 4. The lowest BCUT2D eigenvalue weighted by Crippen LogP contribution is -2.38. The summed E-state index contributed by atoms with van der Waals surface area (Å²) in [6.45, 7) is 2.90. The average molecular weight is 357 g/mol. The standard InChI is InChI=1S/C20H23NO3S/c1-4-17-16-10-12-25-19(16)9-11-21(17)20(22)8-5-14-13-15(23-2)6-7-18(14)24-3/h5-8,10,12-13,17H,4,9,11H2,1-3H3/b8-5+. The van der Waals surface area contributed by atoms with Gasteiger partial charge in [-0.15, -0.1) is 11.3 Å². The molecule has 1 amide bonds. The van der Waals surface area contributed by atoms with Gasteiger partial charge in [-0.2, -0.15) is 0 Å². The molecule has 1 aromatic carbocycles. The molecule has 4 nitrogen and oxygen atoms in total. The lowest BCUT2D eigenvalue weighted by Gasteiger charge is -2.34. The Morgan fingerprint density at radius 1 is 1.32 bits per heavy atom. The third-order valence-electron chi connectivity index (χ3n) is 4.61. The van der Waals surface area contributed by atoms with Crippen LogP contribution < -0.4 is 9.47 Å². The second kappa shape index (κ2) is 7.74. The van der Waals surface area contributed by atoms with E-state index in [2.05, 4.69) is 18.4 Å². The van der Waals surface area contributed by atoms with E-state index in [1.165, 1.54) is 10.4 Å². The predicted octanol–water partition coefficient (Wildman–Crippen LogP) is 4.31. The van der Waals surface area contributed by atoms with Gasteiger partial charge in [-0.05, 0) is 54.1 Å². The lowest BCUT2D eigenvalue weighted by atomic mass is 9.97. The van der Waals surface area contributed by atoms with Crippen LogP contribution in [0.4, 0.5) is 0 Å². The zero-order valence-corrected chi connectivity index (χ0v) is 15.6. The van der Waals surface area contributed by atoms with Crippen LogP contribution in [0.5, 0.6) is 11.5 Å². The molecule has 1 aliphatic heterocycles. The molecule has 1 aromatic heterocycles. The Labute approximate surface area is 152 Å². The SMILES string of the molecule is CCC1c2ccsc2CCN1C(=O)/C=C/c1cc(OC)ccc1OC. The smallest absolute Gasteiger partial charge is 0.247 e. The zero-order valence-electron chi connectivity index (χ0n) is 14.8. The van der Waals surface area contributed by atoms with Crippen LogP contribution in [0.1, 0.15) is 35.4 Å². The van der Waals surface area contributed by atoms with Gasteiger partial charge in [-0.3, -0.25) is 4.79 Å². The van der Waals surface area contributed by atoms with E-state index in [1.54, 1.807) is 37.7 Å². The van der Waals surface area contributed by atoms with E-state index in [4.69, 9.17) is 9.47 Å². The van der Waals surface area contributed by atoms with Crippen LogP contribution >= 0.6 is 11.3 Å². The molecule has 2 aromatic rings. The number of thiophene rings is 1. The summed E-state index contributed by atoms with van der Waals surface area (Å²) in [5, 5.41) is 2.12. The first-order valence-electron chi connectivity index (χ1n) is 8.45.